The molecule has 1 aliphatic heterocycles. The summed E-state index contributed by atoms with van der Waals surface area (Å²) in [5.41, 5.74) is 0.678. The van der Waals surface area contributed by atoms with Crippen LogP contribution in [0.25, 0.3) is 0 Å². The highest BCUT2D eigenvalue weighted by atomic mass is 32.2. The molecule has 110 valence electrons. The highest BCUT2D eigenvalue weighted by molar-refractivity contribution is 7.99. The van der Waals surface area contributed by atoms with Crippen LogP contribution >= 0.6 is 23.1 Å². The van der Waals surface area contributed by atoms with Gasteiger partial charge < -0.3 is 9.84 Å². The number of thioether (sulfide) groups is 1. The predicted octanol–water partition coefficient (Wildman–Crippen LogP) is 4.02. The number of hydrogen-bond acceptors (Lipinski definition) is 5. The Morgan fingerprint density at radius 1 is 1.48 bits per heavy atom. The molecule has 6 heteroatoms. The second-order valence-electron chi connectivity index (χ2n) is 4.75. The number of carbonyl (C=O) groups is 1. The number of thiazole rings is 1. The molecule has 1 aromatic heterocycles. The molecule has 0 fully saturated rings. The van der Waals surface area contributed by atoms with Gasteiger partial charge in [0.25, 0.3) is 0 Å². The minimum atomic E-state index is -0.897. The summed E-state index contributed by atoms with van der Waals surface area (Å²) in [6.45, 7) is 2.02. The van der Waals surface area contributed by atoms with E-state index in [0.717, 1.165) is 27.8 Å². The average molecular weight is 321 g/mol. The lowest BCUT2D eigenvalue weighted by atomic mass is 10.2. The van der Waals surface area contributed by atoms with Gasteiger partial charge in [-0.1, -0.05) is 25.5 Å². The van der Waals surface area contributed by atoms with E-state index in [1.807, 2.05) is 31.2 Å². The maximum Gasteiger partial charge on any atom is 0.347 e. The standard InChI is InChI=1S/C15H15NO3S2/c1-2-5-9-13(15(17)18)21-14(16-9)11-8-20-12-7-4-3-6-10(12)19-11/h3-4,6-7,11H,2,5,8H2,1H3,(H,17,18). The molecule has 1 atom stereocenters. The molecule has 2 aromatic rings. The second-order valence-corrected chi connectivity index (χ2v) is 6.84. The molecule has 0 amide bonds. The molecule has 1 aromatic carbocycles. The van der Waals surface area contributed by atoms with Crippen LogP contribution in [0.15, 0.2) is 29.2 Å². The summed E-state index contributed by atoms with van der Waals surface area (Å²) in [6.07, 6.45) is 1.40. The molecule has 0 saturated heterocycles. The van der Waals surface area contributed by atoms with Crippen LogP contribution in [-0.2, 0) is 6.42 Å². The molecular formula is C15H15NO3S2. The predicted molar refractivity (Wildman–Crippen MR) is 83.6 cm³/mol. The van der Waals surface area contributed by atoms with Gasteiger partial charge in [-0.2, -0.15) is 0 Å². The van der Waals surface area contributed by atoms with Crippen LogP contribution in [-0.4, -0.2) is 21.8 Å². The van der Waals surface area contributed by atoms with E-state index in [9.17, 15) is 9.90 Å². The van der Waals surface area contributed by atoms with Gasteiger partial charge in [0.2, 0.25) is 0 Å². The molecule has 21 heavy (non-hydrogen) atoms. The summed E-state index contributed by atoms with van der Waals surface area (Å²) in [6, 6.07) is 7.89. The van der Waals surface area contributed by atoms with Crippen LogP contribution in [0.5, 0.6) is 5.75 Å². The van der Waals surface area contributed by atoms with E-state index in [1.54, 1.807) is 11.8 Å². The van der Waals surface area contributed by atoms with Crippen LogP contribution < -0.4 is 4.74 Å². The lowest BCUT2D eigenvalue weighted by Crippen LogP contribution is -2.14. The lowest BCUT2D eigenvalue weighted by Gasteiger charge is -2.23. The third-order valence-electron chi connectivity index (χ3n) is 3.18. The third kappa shape index (κ3) is 2.91. The molecule has 1 N–H and O–H groups in total. The first-order chi connectivity index (χ1) is 10.2. The fraction of sp³-hybridized carbons (Fsp3) is 0.333. The maximum absolute atomic E-state index is 11.3. The number of rotatable bonds is 4. The van der Waals surface area contributed by atoms with Gasteiger partial charge in [0.1, 0.15) is 15.6 Å². The zero-order valence-electron chi connectivity index (χ0n) is 11.5. The fourth-order valence-electron chi connectivity index (χ4n) is 2.22. The zero-order chi connectivity index (χ0) is 14.8. The van der Waals surface area contributed by atoms with Crippen molar-refractivity contribution < 1.29 is 14.6 Å². The van der Waals surface area contributed by atoms with Crippen LogP contribution in [0.1, 0.15) is 39.8 Å². The molecule has 0 spiro atoms. The van der Waals surface area contributed by atoms with Crippen molar-refractivity contribution >= 4 is 29.1 Å². The Labute approximate surface area is 131 Å². The quantitative estimate of drug-likeness (QED) is 0.921. The van der Waals surface area contributed by atoms with Crippen molar-refractivity contribution in [3.63, 3.8) is 0 Å². The number of aromatic nitrogens is 1. The largest absolute Gasteiger partial charge is 0.481 e. The first-order valence-corrected chi connectivity index (χ1v) is 8.60. The SMILES string of the molecule is CCCc1nc(C2CSc3ccccc3O2)sc1C(=O)O. The van der Waals surface area contributed by atoms with Crippen molar-refractivity contribution in [2.24, 2.45) is 0 Å². The van der Waals surface area contributed by atoms with Crippen molar-refractivity contribution in [2.45, 2.75) is 30.8 Å². The number of para-hydroxylation sites is 1. The summed E-state index contributed by atoms with van der Waals surface area (Å²) in [5, 5.41) is 10.0. The number of aryl methyl sites for hydroxylation is 1. The van der Waals surface area contributed by atoms with Crippen molar-refractivity contribution in [1.82, 2.24) is 4.98 Å². The van der Waals surface area contributed by atoms with Gasteiger partial charge >= 0.3 is 5.97 Å². The van der Waals surface area contributed by atoms with Crippen LogP contribution in [0.4, 0.5) is 0 Å². The number of hydrogen-bond donors (Lipinski definition) is 1. The molecule has 0 bridgehead atoms. The maximum atomic E-state index is 11.3. The minimum absolute atomic E-state index is 0.168. The Balaban J connectivity index is 1.88. The first-order valence-electron chi connectivity index (χ1n) is 6.80. The van der Waals surface area contributed by atoms with Crippen LogP contribution in [0.2, 0.25) is 0 Å². The Kier molecular flexibility index (Phi) is 4.17. The van der Waals surface area contributed by atoms with Crippen molar-refractivity contribution in [3.05, 3.63) is 39.8 Å². The molecule has 0 saturated carbocycles. The van der Waals surface area contributed by atoms with E-state index in [4.69, 9.17) is 4.74 Å². The first kappa shape index (κ1) is 14.4. The molecular weight excluding hydrogens is 306 g/mol. The third-order valence-corrected chi connectivity index (χ3v) is 5.47. The summed E-state index contributed by atoms with van der Waals surface area (Å²) >= 11 is 2.96. The molecule has 1 aliphatic rings. The second kappa shape index (κ2) is 6.07. The molecule has 1 unspecified atom stereocenters. The van der Waals surface area contributed by atoms with Crippen molar-refractivity contribution in [2.75, 3.05) is 5.75 Å². The summed E-state index contributed by atoms with van der Waals surface area (Å²) in [5.74, 6) is 0.712. The zero-order valence-corrected chi connectivity index (χ0v) is 13.2. The monoisotopic (exact) mass is 321 g/mol. The summed E-state index contributed by atoms with van der Waals surface area (Å²) in [7, 11) is 0. The van der Waals surface area contributed by atoms with Gasteiger partial charge in [0.05, 0.1) is 5.69 Å². The molecule has 3 rings (SSSR count). The van der Waals surface area contributed by atoms with E-state index < -0.39 is 5.97 Å². The number of fused-ring (bicyclic) bond motifs is 1. The lowest BCUT2D eigenvalue weighted by molar-refractivity contribution is 0.0700. The van der Waals surface area contributed by atoms with E-state index in [1.165, 1.54) is 11.3 Å². The van der Waals surface area contributed by atoms with Crippen molar-refractivity contribution in [3.8, 4) is 5.75 Å². The van der Waals surface area contributed by atoms with Gasteiger partial charge in [-0.3, -0.25) is 0 Å². The van der Waals surface area contributed by atoms with Gasteiger partial charge in [-0.25, -0.2) is 9.78 Å². The normalized spacial score (nSPS) is 17.1. The van der Waals surface area contributed by atoms with Crippen LogP contribution in [0.3, 0.4) is 0 Å². The van der Waals surface area contributed by atoms with Crippen LogP contribution in [0, 0.1) is 0 Å². The van der Waals surface area contributed by atoms with E-state index in [2.05, 4.69) is 4.98 Å². The Bertz CT molecular complexity index is 669. The van der Waals surface area contributed by atoms with Gasteiger partial charge in [0.15, 0.2) is 6.10 Å². The number of benzene rings is 1. The molecule has 0 radical (unpaired) electrons. The number of nitrogens with zero attached hydrogens (tertiary/aromatic N) is 1. The Morgan fingerprint density at radius 2 is 2.29 bits per heavy atom. The number of carboxylic acids is 1. The number of carboxylic acid groups (broad SMARTS) is 1. The molecule has 0 aliphatic carbocycles. The Morgan fingerprint density at radius 3 is 3.05 bits per heavy atom. The smallest absolute Gasteiger partial charge is 0.347 e. The topological polar surface area (TPSA) is 59.4 Å². The number of ether oxygens (including phenoxy) is 1. The number of aromatic carboxylic acids is 1. The molecule has 4 nitrogen and oxygen atoms in total. The highest BCUT2D eigenvalue weighted by Crippen LogP contribution is 2.41. The molecule has 2 heterocycles. The van der Waals surface area contributed by atoms with Gasteiger partial charge in [-0.05, 0) is 18.6 Å². The highest BCUT2D eigenvalue weighted by Gasteiger charge is 2.27. The van der Waals surface area contributed by atoms with E-state index in [-0.39, 0.29) is 6.10 Å². The minimum Gasteiger partial charge on any atom is -0.481 e. The van der Waals surface area contributed by atoms with Gasteiger partial charge in [-0.15, -0.1) is 23.1 Å². The fourth-order valence-corrected chi connectivity index (χ4v) is 4.30. The average Bonchev–Trinajstić information content (AvgIpc) is 2.91. The van der Waals surface area contributed by atoms with Crippen molar-refractivity contribution in [1.29, 1.82) is 0 Å². The Hall–Kier alpha value is -1.53. The van der Waals surface area contributed by atoms with Gasteiger partial charge in [0, 0.05) is 10.6 Å². The van der Waals surface area contributed by atoms with E-state index in [0.29, 0.717) is 17.0 Å². The van der Waals surface area contributed by atoms with E-state index >= 15 is 0 Å². The summed E-state index contributed by atoms with van der Waals surface area (Å²) in [4.78, 5) is 17.3. The summed E-state index contributed by atoms with van der Waals surface area (Å²) < 4.78 is 5.98.